The number of nitrogens with zero attached hydrogens (tertiary/aromatic N) is 1. The van der Waals surface area contributed by atoms with Crippen LogP contribution in [0, 0.1) is 11.3 Å². The summed E-state index contributed by atoms with van der Waals surface area (Å²) in [6.07, 6.45) is 4.39. The third-order valence-electron chi connectivity index (χ3n) is 4.58. The largest absolute Gasteiger partial charge is 0.379 e. The molecular weight excluding hydrogens is 160 g/mol. The smallest absolute Gasteiger partial charge is 0.161 e. The van der Waals surface area contributed by atoms with E-state index in [4.69, 9.17) is 4.74 Å². The SMILES string of the molecule is BBN1CC2(CCC2)C2COCC21. The zero-order valence-corrected chi connectivity index (χ0v) is 8.46. The van der Waals surface area contributed by atoms with Gasteiger partial charge in [-0.25, -0.2) is 0 Å². The van der Waals surface area contributed by atoms with Gasteiger partial charge in [-0.3, -0.25) is 0 Å². The predicted octanol–water partition coefficient (Wildman–Crippen LogP) is -0.613. The Bertz CT molecular complexity index is 220. The number of fused-ring (bicyclic) bond motifs is 2. The first kappa shape index (κ1) is 8.37. The number of hydrogen-bond acceptors (Lipinski definition) is 2. The minimum absolute atomic E-state index is 0.692. The fraction of sp³-hybridized carbons (Fsp3) is 1.00. The molecule has 0 aromatic rings. The van der Waals surface area contributed by atoms with E-state index in [1.807, 2.05) is 0 Å². The Balaban J connectivity index is 1.85. The fourth-order valence-electron chi connectivity index (χ4n) is 3.63. The molecule has 0 radical (unpaired) electrons. The van der Waals surface area contributed by atoms with Crippen molar-refractivity contribution in [1.82, 2.24) is 4.81 Å². The van der Waals surface area contributed by atoms with E-state index in [0.717, 1.165) is 25.2 Å². The van der Waals surface area contributed by atoms with Crippen LogP contribution in [0.3, 0.4) is 0 Å². The highest BCUT2D eigenvalue weighted by molar-refractivity contribution is 6.87. The van der Waals surface area contributed by atoms with Crippen molar-refractivity contribution in [3.05, 3.63) is 0 Å². The Morgan fingerprint density at radius 3 is 2.85 bits per heavy atom. The van der Waals surface area contributed by atoms with Crippen LogP contribution in [0.4, 0.5) is 0 Å². The first-order chi connectivity index (χ1) is 6.36. The molecule has 0 aromatic carbocycles. The lowest BCUT2D eigenvalue weighted by Crippen LogP contribution is -2.39. The van der Waals surface area contributed by atoms with Crippen LogP contribution in [0.15, 0.2) is 0 Å². The van der Waals surface area contributed by atoms with Gasteiger partial charge in [-0.1, -0.05) is 6.42 Å². The van der Waals surface area contributed by atoms with Crippen molar-refractivity contribution in [1.29, 1.82) is 0 Å². The maximum atomic E-state index is 5.63. The van der Waals surface area contributed by atoms with Gasteiger partial charge in [0, 0.05) is 12.0 Å². The molecule has 2 aliphatic heterocycles. The predicted molar refractivity (Wildman–Crippen MR) is 56.8 cm³/mol. The van der Waals surface area contributed by atoms with Crippen LogP contribution in [-0.2, 0) is 4.74 Å². The minimum atomic E-state index is 0.692. The average molecular weight is 177 g/mol. The van der Waals surface area contributed by atoms with Crippen LogP contribution in [0.1, 0.15) is 19.3 Å². The summed E-state index contributed by atoms with van der Waals surface area (Å²) in [7, 11) is 3.50. The number of rotatable bonds is 1. The van der Waals surface area contributed by atoms with Gasteiger partial charge in [0.1, 0.15) is 0 Å². The molecule has 2 nitrogen and oxygen atoms in total. The minimum Gasteiger partial charge on any atom is -0.379 e. The zero-order valence-electron chi connectivity index (χ0n) is 8.46. The second-order valence-corrected chi connectivity index (χ2v) is 4.99. The van der Waals surface area contributed by atoms with E-state index in [1.165, 1.54) is 33.1 Å². The summed E-state index contributed by atoms with van der Waals surface area (Å²) in [4.78, 5) is 2.65. The summed E-state index contributed by atoms with van der Waals surface area (Å²) in [5, 5.41) is 0. The van der Waals surface area contributed by atoms with E-state index in [-0.39, 0.29) is 0 Å². The van der Waals surface area contributed by atoms with Crippen LogP contribution >= 0.6 is 0 Å². The molecular formula is C9H17B2NO. The molecule has 2 saturated heterocycles. The van der Waals surface area contributed by atoms with Gasteiger partial charge in [-0.05, 0) is 24.8 Å². The molecule has 0 N–H and O–H groups in total. The van der Waals surface area contributed by atoms with E-state index >= 15 is 0 Å². The highest BCUT2D eigenvalue weighted by Gasteiger charge is 2.56. The van der Waals surface area contributed by atoms with E-state index < -0.39 is 0 Å². The molecule has 3 fully saturated rings. The Morgan fingerprint density at radius 1 is 1.38 bits per heavy atom. The van der Waals surface area contributed by atoms with Crippen molar-refractivity contribution in [2.75, 3.05) is 19.8 Å². The molecule has 70 valence electrons. The van der Waals surface area contributed by atoms with E-state index in [9.17, 15) is 0 Å². The fourth-order valence-corrected chi connectivity index (χ4v) is 3.63. The summed E-state index contributed by atoms with van der Waals surface area (Å²) < 4.78 is 5.63. The van der Waals surface area contributed by atoms with E-state index in [1.54, 1.807) is 0 Å². The quantitative estimate of drug-likeness (QED) is 0.495. The second-order valence-electron chi connectivity index (χ2n) is 4.99. The molecule has 2 unspecified atom stereocenters. The Kier molecular flexibility index (Phi) is 1.78. The summed E-state index contributed by atoms with van der Waals surface area (Å²) in [6, 6.07) is 0.769. The highest BCUT2D eigenvalue weighted by atomic mass is 16.5. The molecule has 3 rings (SSSR count). The molecule has 2 atom stereocenters. The first-order valence-corrected chi connectivity index (χ1v) is 5.67. The van der Waals surface area contributed by atoms with Gasteiger partial charge in [0.25, 0.3) is 0 Å². The Labute approximate surface area is 81.7 Å². The third-order valence-corrected chi connectivity index (χ3v) is 4.58. The second kappa shape index (κ2) is 2.77. The maximum absolute atomic E-state index is 5.63. The van der Waals surface area contributed by atoms with Gasteiger partial charge in [0.2, 0.25) is 0 Å². The standard InChI is InChI=1S/C9H17B2NO/c10-11-12-6-9(2-1-3-9)7-4-13-5-8(7)12/h7-8,11H,1-6,10H2. The molecule has 13 heavy (non-hydrogen) atoms. The van der Waals surface area contributed by atoms with Gasteiger partial charge in [-0.2, -0.15) is 0 Å². The summed E-state index contributed by atoms with van der Waals surface area (Å²) >= 11 is 0. The lowest BCUT2D eigenvalue weighted by Gasteiger charge is -2.42. The lowest BCUT2D eigenvalue weighted by molar-refractivity contribution is 0.0601. The van der Waals surface area contributed by atoms with Gasteiger partial charge in [-0.15, -0.1) is 0 Å². The molecule has 0 amide bonds. The van der Waals surface area contributed by atoms with Crippen LogP contribution in [-0.4, -0.2) is 45.7 Å². The summed E-state index contributed by atoms with van der Waals surface area (Å²) in [6.45, 7) is 3.41. The van der Waals surface area contributed by atoms with Gasteiger partial charge >= 0.3 is 0 Å². The normalized spacial score (nSPS) is 41.8. The van der Waals surface area contributed by atoms with Crippen molar-refractivity contribution in [2.24, 2.45) is 11.3 Å². The monoisotopic (exact) mass is 177 g/mol. The summed E-state index contributed by atoms with van der Waals surface area (Å²) in [5.74, 6) is 0.876. The molecule has 4 heteroatoms. The molecule has 1 saturated carbocycles. The van der Waals surface area contributed by atoms with Crippen LogP contribution in [0.25, 0.3) is 0 Å². The molecule has 2 heterocycles. The van der Waals surface area contributed by atoms with E-state index in [2.05, 4.69) is 12.5 Å². The van der Waals surface area contributed by atoms with Crippen molar-refractivity contribution in [3.63, 3.8) is 0 Å². The van der Waals surface area contributed by atoms with Crippen molar-refractivity contribution in [3.8, 4) is 0 Å². The Morgan fingerprint density at radius 2 is 2.23 bits per heavy atom. The molecule has 3 aliphatic rings. The molecule has 1 spiro atoms. The van der Waals surface area contributed by atoms with Crippen molar-refractivity contribution < 1.29 is 4.74 Å². The van der Waals surface area contributed by atoms with Gasteiger partial charge in [0.15, 0.2) is 7.31 Å². The van der Waals surface area contributed by atoms with Crippen LogP contribution in [0.2, 0.25) is 0 Å². The average Bonchev–Trinajstić information content (AvgIpc) is 2.59. The van der Waals surface area contributed by atoms with Crippen molar-refractivity contribution in [2.45, 2.75) is 25.3 Å². The number of hydrogen-bond donors (Lipinski definition) is 0. The highest BCUT2D eigenvalue weighted by Crippen LogP contribution is 2.55. The Hall–Kier alpha value is 0.0499. The molecule has 0 aromatic heterocycles. The van der Waals surface area contributed by atoms with Crippen LogP contribution < -0.4 is 0 Å². The third kappa shape index (κ3) is 0.991. The van der Waals surface area contributed by atoms with Gasteiger partial charge < -0.3 is 9.55 Å². The van der Waals surface area contributed by atoms with E-state index in [0.29, 0.717) is 5.41 Å². The molecule has 0 bridgehead atoms. The van der Waals surface area contributed by atoms with Crippen molar-refractivity contribution >= 4 is 15.0 Å². The first-order valence-electron chi connectivity index (χ1n) is 5.67. The summed E-state index contributed by atoms with van der Waals surface area (Å²) in [5.41, 5.74) is 0.692. The lowest BCUT2D eigenvalue weighted by atomic mass is 9.62. The number of ether oxygens (including phenoxy) is 1. The maximum Gasteiger partial charge on any atom is 0.161 e. The van der Waals surface area contributed by atoms with Crippen LogP contribution in [0.5, 0.6) is 0 Å². The molecule has 1 aliphatic carbocycles. The van der Waals surface area contributed by atoms with Gasteiger partial charge in [0.05, 0.1) is 21.0 Å². The zero-order chi connectivity index (χ0) is 8.89. The topological polar surface area (TPSA) is 12.5 Å².